The molecule has 0 saturated carbocycles. The number of hydrogen-bond donors (Lipinski definition) is 1. The number of rotatable bonds is 3. The van der Waals surface area contributed by atoms with Gasteiger partial charge in [0, 0.05) is 18.1 Å². The first-order chi connectivity index (χ1) is 6.36. The Morgan fingerprint density at radius 1 is 1.62 bits per heavy atom. The van der Waals surface area contributed by atoms with Crippen molar-refractivity contribution in [2.45, 2.75) is 6.54 Å². The zero-order valence-corrected chi connectivity index (χ0v) is 8.08. The Bertz CT molecular complexity index is 365. The van der Waals surface area contributed by atoms with Crippen LogP contribution in [-0.4, -0.2) is 14.8 Å². The van der Waals surface area contributed by atoms with E-state index in [1.54, 1.807) is 22.3 Å². The third kappa shape index (κ3) is 1.86. The average Bonchev–Trinajstić information content (AvgIpc) is 2.72. The van der Waals surface area contributed by atoms with Gasteiger partial charge >= 0.3 is 0 Å². The maximum atomic E-state index is 4.11. The van der Waals surface area contributed by atoms with Gasteiger partial charge in [-0.25, -0.2) is 4.98 Å². The SMILES string of the molecule is Cn1ncnc1CNc1ccsc1. The summed E-state index contributed by atoms with van der Waals surface area (Å²) in [5, 5.41) is 11.3. The molecule has 0 aromatic carbocycles. The summed E-state index contributed by atoms with van der Waals surface area (Å²) >= 11 is 1.68. The molecule has 0 amide bonds. The molecule has 68 valence electrons. The molecular weight excluding hydrogens is 184 g/mol. The lowest BCUT2D eigenvalue weighted by atomic mass is 10.5. The highest BCUT2D eigenvalue weighted by molar-refractivity contribution is 7.08. The normalized spacial score (nSPS) is 10.2. The van der Waals surface area contributed by atoms with E-state index in [1.807, 2.05) is 18.5 Å². The molecule has 2 aromatic heterocycles. The maximum absolute atomic E-state index is 4.11. The molecule has 0 aliphatic heterocycles. The molecule has 2 rings (SSSR count). The summed E-state index contributed by atoms with van der Waals surface area (Å²) in [5.41, 5.74) is 1.13. The van der Waals surface area contributed by atoms with Crippen LogP contribution in [0.25, 0.3) is 0 Å². The molecule has 0 radical (unpaired) electrons. The lowest BCUT2D eigenvalue weighted by molar-refractivity contribution is 0.712. The largest absolute Gasteiger partial charge is 0.377 e. The number of nitrogens with zero attached hydrogens (tertiary/aromatic N) is 3. The molecule has 0 aliphatic rings. The van der Waals surface area contributed by atoms with Gasteiger partial charge in [0.1, 0.15) is 12.2 Å². The summed E-state index contributed by atoms with van der Waals surface area (Å²) in [4.78, 5) is 4.11. The van der Waals surface area contributed by atoms with E-state index < -0.39 is 0 Å². The number of aromatic nitrogens is 3. The van der Waals surface area contributed by atoms with E-state index in [2.05, 4.69) is 20.8 Å². The van der Waals surface area contributed by atoms with Crippen LogP contribution < -0.4 is 5.32 Å². The van der Waals surface area contributed by atoms with Crippen molar-refractivity contribution in [1.29, 1.82) is 0 Å². The molecule has 0 unspecified atom stereocenters. The summed E-state index contributed by atoms with van der Waals surface area (Å²) in [5.74, 6) is 0.936. The van der Waals surface area contributed by atoms with Crippen molar-refractivity contribution in [2.24, 2.45) is 7.05 Å². The van der Waals surface area contributed by atoms with Gasteiger partial charge in [0.15, 0.2) is 0 Å². The Hall–Kier alpha value is -1.36. The predicted molar refractivity (Wildman–Crippen MR) is 52.6 cm³/mol. The zero-order valence-electron chi connectivity index (χ0n) is 7.27. The number of aryl methyl sites for hydroxylation is 1. The van der Waals surface area contributed by atoms with Gasteiger partial charge in [0.25, 0.3) is 0 Å². The number of anilines is 1. The third-order valence-corrected chi connectivity index (χ3v) is 2.46. The summed E-state index contributed by atoms with van der Waals surface area (Å²) in [7, 11) is 1.89. The topological polar surface area (TPSA) is 42.7 Å². The predicted octanol–water partition coefficient (Wildman–Crippen LogP) is 1.49. The quantitative estimate of drug-likeness (QED) is 0.805. The van der Waals surface area contributed by atoms with E-state index in [1.165, 1.54) is 0 Å². The highest BCUT2D eigenvalue weighted by atomic mass is 32.1. The standard InChI is InChI=1S/C8H10N4S/c1-12-8(10-6-11-12)4-9-7-2-3-13-5-7/h2-3,5-6,9H,4H2,1H3. The Labute approximate surface area is 80.2 Å². The minimum atomic E-state index is 0.716. The molecule has 0 aliphatic carbocycles. The van der Waals surface area contributed by atoms with Crippen molar-refractivity contribution < 1.29 is 0 Å². The smallest absolute Gasteiger partial charge is 0.145 e. The molecule has 0 atom stereocenters. The maximum Gasteiger partial charge on any atom is 0.145 e. The Morgan fingerprint density at radius 3 is 3.15 bits per heavy atom. The van der Waals surface area contributed by atoms with E-state index in [9.17, 15) is 0 Å². The Morgan fingerprint density at radius 2 is 2.54 bits per heavy atom. The molecular formula is C8H10N4S. The molecule has 0 saturated heterocycles. The van der Waals surface area contributed by atoms with Crippen molar-refractivity contribution in [3.8, 4) is 0 Å². The van der Waals surface area contributed by atoms with E-state index >= 15 is 0 Å². The van der Waals surface area contributed by atoms with E-state index in [4.69, 9.17) is 0 Å². The summed E-state index contributed by atoms with van der Waals surface area (Å²) in [6.45, 7) is 0.716. The second-order valence-corrected chi connectivity index (χ2v) is 3.45. The Balaban J connectivity index is 1.97. The molecule has 2 aromatic rings. The fourth-order valence-corrected chi connectivity index (χ4v) is 1.64. The lowest BCUT2D eigenvalue weighted by Gasteiger charge is -2.01. The zero-order chi connectivity index (χ0) is 9.10. The number of hydrogen-bond acceptors (Lipinski definition) is 4. The molecule has 13 heavy (non-hydrogen) atoms. The van der Waals surface area contributed by atoms with Crippen molar-refractivity contribution in [3.63, 3.8) is 0 Å². The van der Waals surface area contributed by atoms with Crippen LogP contribution in [0.5, 0.6) is 0 Å². The van der Waals surface area contributed by atoms with Gasteiger partial charge < -0.3 is 5.32 Å². The van der Waals surface area contributed by atoms with Crippen molar-refractivity contribution in [1.82, 2.24) is 14.8 Å². The van der Waals surface area contributed by atoms with Crippen LogP contribution in [0, 0.1) is 0 Å². The van der Waals surface area contributed by atoms with E-state index in [0.29, 0.717) is 6.54 Å². The number of thiophene rings is 1. The molecule has 0 spiro atoms. The van der Waals surface area contributed by atoms with Crippen molar-refractivity contribution in [3.05, 3.63) is 29.0 Å². The van der Waals surface area contributed by atoms with Crippen LogP contribution in [0.1, 0.15) is 5.82 Å². The van der Waals surface area contributed by atoms with Gasteiger partial charge in [0.2, 0.25) is 0 Å². The minimum absolute atomic E-state index is 0.716. The summed E-state index contributed by atoms with van der Waals surface area (Å²) < 4.78 is 1.76. The van der Waals surface area contributed by atoms with Crippen LogP contribution >= 0.6 is 11.3 Å². The Kier molecular flexibility index (Phi) is 2.27. The fourth-order valence-electron chi connectivity index (χ4n) is 1.03. The highest BCUT2D eigenvalue weighted by Crippen LogP contribution is 2.12. The third-order valence-electron chi connectivity index (χ3n) is 1.78. The highest BCUT2D eigenvalue weighted by Gasteiger charge is 1.99. The lowest BCUT2D eigenvalue weighted by Crippen LogP contribution is -2.05. The summed E-state index contributed by atoms with van der Waals surface area (Å²) in [6, 6.07) is 2.04. The fraction of sp³-hybridized carbons (Fsp3) is 0.250. The van der Waals surface area contributed by atoms with E-state index in [-0.39, 0.29) is 0 Å². The molecule has 0 fully saturated rings. The molecule has 5 heteroatoms. The first-order valence-electron chi connectivity index (χ1n) is 3.95. The number of nitrogens with one attached hydrogen (secondary N) is 1. The first-order valence-corrected chi connectivity index (χ1v) is 4.89. The van der Waals surface area contributed by atoms with Crippen LogP contribution in [0.2, 0.25) is 0 Å². The summed E-state index contributed by atoms with van der Waals surface area (Å²) in [6.07, 6.45) is 1.56. The monoisotopic (exact) mass is 194 g/mol. The van der Waals surface area contributed by atoms with Crippen molar-refractivity contribution >= 4 is 17.0 Å². The van der Waals surface area contributed by atoms with Gasteiger partial charge in [-0.15, -0.1) is 0 Å². The van der Waals surface area contributed by atoms with Gasteiger partial charge in [-0.3, -0.25) is 4.68 Å². The molecule has 4 nitrogen and oxygen atoms in total. The second-order valence-electron chi connectivity index (χ2n) is 2.67. The molecule has 2 heterocycles. The van der Waals surface area contributed by atoms with E-state index in [0.717, 1.165) is 11.5 Å². The first kappa shape index (κ1) is 8.25. The van der Waals surface area contributed by atoms with Crippen molar-refractivity contribution in [2.75, 3.05) is 5.32 Å². The van der Waals surface area contributed by atoms with Gasteiger partial charge in [0.05, 0.1) is 6.54 Å². The van der Waals surface area contributed by atoms with Crippen LogP contribution in [0.4, 0.5) is 5.69 Å². The van der Waals surface area contributed by atoms with Crippen LogP contribution in [-0.2, 0) is 13.6 Å². The van der Waals surface area contributed by atoms with Gasteiger partial charge in [-0.1, -0.05) is 0 Å². The van der Waals surface area contributed by atoms with Crippen LogP contribution in [0.3, 0.4) is 0 Å². The van der Waals surface area contributed by atoms with Gasteiger partial charge in [-0.05, 0) is 11.4 Å². The van der Waals surface area contributed by atoms with Crippen LogP contribution in [0.15, 0.2) is 23.2 Å². The van der Waals surface area contributed by atoms with Gasteiger partial charge in [-0.2, -0.15) is 16.4 Å². The molecule has 1 N–H and O–H groups in total. The minimum Gasteiger partial charge on any atom is -0.377 e. The second kappa shape index (κ2) is 3.57. The average molecular weight is 194 g/mol. The molecule has 0 bridgehead atoms.